The Morgan fingerprint density at radius 2 is 2.29 bits per heavy atom. The molecule has 0 amide bonds. The summed E-state index contributed by atoms with van der Waals surface area (Å²) in [6, 6.07) is 0. The molecule has 0 aromatic carbocycles. The van der Waals surface area contributed by atoms with Crippen molar-refractivity contribution in [2.75, 3.05) is 13.2 Å². The van der Waals surface area contributed by atoms with Gasteiger partial charge in [-0.2, -0.15) is 0 Å². The first-order valence-corrected chi connectivity index (χ1v) is 5.76. The second-order valence-electron chi connectivity index (χ2n) is 4.00. The molecule has 0 saturated heterocycles. The van der Waals surface area contributed by atoms with Crippen molar-refractivity contribution in [1.82, 2.24) is 4.90 Å². The third-order valence-electron chi connectivity index (χ3n) is 2.18. The van der Waals surface area contributed by atoms with Gasteiger partial charge in [0.1, 0.15) is 18.5 Å². The van der Waals surface area contributed by atoms with Crippen LogP contribution in [0.2, 0.25) is 0 Å². The zero-order valence-corrected chi connectivity index (χ0v) is 10.6. The number of hydrogen-bond donors (Lipinski definition) is 1. The second kappa shape index (κ2) is 6.30. The minimum atomic E-state index is -0.438. The molecule has 0 aromatic rings. The number of carbonyl (C=O) groups excluding carboxylic acids is 1. The maximum atomic E-state index is 11.4. The lowest BCUT2D eigenvalue weighted by Crippen LogP contribution is -2.45. The minimum absolute atomic E-state index is 0.0586. The van der Waals surface area contributed by atoms with Crippen molar-refractivity contribution < 1.29 is 14.3 Å². The first-order valence-electron chi connectivity index (χ1n) is 5.76. The summed E-state index contributed by atoms with van der Waals surface area (Å²) < 4.78 is 10.4. The van der Waals surface area contributed by atoms with Crippen molar-refractivity contribution in [3.63, 3.8) is 0 Å². The van der Waals surface area contributed by atoms with Crippen molar-refractivity contribution in [1.29, 1.82) is 0 Å². The van der Waals surface area contributed by atoms with Gasteiger partial charge in [0.05, 0.1) is 12.7 Å². The number of nitrogens with zero attached hydrogens (tertiary/aromatic N) is 1. The third kappa shape index (κ3) is 4.11. The standard InChI is InChI=1S/C12H20N2O3/c1-4-16-11(15)8-14-7-5-6-10(12(14)13)17-9(2)3/h5-7,9,12H,4,8,13H2,1-3H3. The van der Waals surface area contributed by atoms with Crippen molar-refractivity contribution in [2.24, 2.45) is 5.73 Å². The molecular weight excluding hydrogens is 220 g/mol. The Morgan fingerprint density at radius 3 is 2.88 bits per heavy atom. The van der Waals surface area contributed by atoms with E-state index >= 15 is 0 Å². The molecule has 1 atom stereocenters. The van der Waals surface area contributed by atoms with Crippen LogP contribution in [0.1, 0.15) is 20.8 Å². The molecule has 2 N–H and O–H groups in total. The van der Waals surface area contributed by atoms with Gasteiger partial charge in [0.25, 0.3) is 0 Å². The maximum Gasteiger partial charge on any atom is 0.325 e. The fraction of sp³-hybridized carbons (Fsp3) is 0.583. The van der Waals surface area contributed by atoms with E-state index < -0.39 is 6.17 Å². The van der Waals surface area contributed by atoms with Gasteiger partial charge in [-0.1, -0.05) is 0 Å². The summed E-state index contributed by atoms with van der Waals surface area (Å²) in [6.45, 7) is 6.14. The van der Waals surface area contributed by atoms with Crippen molar-refractivity contribution in [3.05, 3.63) is 24.1 Å². The van der Waals surface area contributed by atoms with E-state index in [9.17, 15) is 4.79 Å². The molecule has 0 radical (unpaired) electrons. The molecule has 1 aliphatic rings. The normalized spacial score (nSPS) is 19.2. The highest BCUT2D eigenvalue weighted by Gasteiger charge is 2.22. The van der Waals surface area contributed by atoms with Gasteiger partial charge in [-0.3, -0.25) is 4.79 Å². The molecule has 17 heavy (non-hydrogen) atoms. The number of esters is 1. The lowest BCUT2D eigenvalue weighted by molar-refractivity contribution is -0.144. The first-order chi connectivity index (χ1) is 8.04. The summed E-state index contributed by atoms with van der Waals surface area (Å²) in [7, 11) is 0. The van der Waals surface area contributed by atoms with Crippen LogP contribution >= 0.6 is 0 Å². The van der Waals surface area contributed by atoms with Gasteiger partial charge in [-0.05, 0) is 32.9 Å². The number of allylic oxidation sites excluding steroid dienone is 2. The molecule has 0 saturated carbocycles. The molecule has 1 rings (SSSR count). The second-order valence-corrected chi connectivity index (χ2v) is 4.00. The van der Waals surface area contributed by atoms with Crippen LogP contribution in [0.5, 0.6) is 0 Å². The maximum absolute atomic E-state index is 11.4. The van der Waals surface area contributed by atoms with Crippen LogP contribution in [0.15, 0.2) is 24.1 Å². The predicted octanol–water partition coefficient (Wildman–Crippen LogP) is 0.972. The van der Waals surface area contributed by atoms with Crippen LogP contribution in [0.3, 0.4) is 0 Å². The van der Waals surface area contributed by atoms with Crippen LogP contribution in [-0.2, 0) is 14.3 Å². The van der Waals surface area contributed by atoms with Crippen LogP contribution < -0.4 is 5.73 Å². The van der Waals surface area contributed by atoms with E-state index in [1.165, 1.54) is 0 Å². The fourth-order valence-corrected chi connectivity index (χ4v) is 1.49. The average Bonchev–Trinajstić information content (AvgIpc) is 2.23. The Bertz CT molecular complexity index is 324. The van der Waals surface area contributed by atoms with Crippen LogP contribution in [-0.4, -0.2) is 36.3 Å². The fourth-order valence-electron chi connectivity index (χ4n) is 1.49. The molecule has 0 spiro atoms. The van der Waals surface area contributed by atoms with Gasteiger partial charge in [0, 0.05) is 6.20 Å². The summed E-state index contributed by atoms with van der Waals surface area (Å²) in [5.74, 6) is 0.366. The highest BCUT2D eigenvalue weighted by molar-refractivity contribution is 5.72. The van der Waals surface area contributed by atoms with E-state index in [0.29, 0.717) is 12.4 Å². The van der Waals surface area contributed by atoms with Gasteiger partial charge in [-0.15, -0.1) is 0 Å². The predicted molar refractivity (Wildman–Crippen MR) is 64.8 cm³/mol. The van der Waals surface area contributed by atoms with Gasteiger partial charge in [0.2, 0.25) is 0 Å². The third-order valence-corrected chi connectivity index (χ3v) is 2.18. The van der Waals surface area contributed by atoms with E-state index in [2.05, 4.69) is 0 Å². The van der Waals surface area contributed by atoms with Crippen molar-refractivity contribution in [2.45, 2.75) is 33.0 Å². The molecule has 1 unspecified atom stereocenters. The molecule has 5 nitrogen and oxygen atoms in total. The van der Waals surface area contributed by atoms with Gasteiger partial charge in [0.15, 0.2) is 0 Å². The Labute approximate surface area is 102 Å². The van der Waals surface area contributed by atoms with Crippen LogP contribution in [0.4, 0.5) is 0 Å². The first kappa shape index (κ1) is 13.6. The summed E-state index contributed by atoms with van der Waals surface area (Å²) in [5, 5.41) is 0. The Morgan fingerprint density at radius 1 is 1.59 bits per heavy atom. The molecule has 1 aliphatic heterocycles. The van der Waals surface area contributed by atoms with Crippen LogP contribution in [0.25, 0.3) is 0 Å². The molecule has 1 heterocycles. The van der Waals surface area contributed by atoms with Gasteiger partial charge in [-0.25, -0.2) is 0 Å². The van der Waals surface area contributed by atoms with E-state index in [4.69, 9.17) is 15.2 Å². The highest BCUT2D eigenvalue weighted by Crippen LogP contribution is 2.15. The minimum Gasteiger partial charge on any atom is -0.492 e. The zero-order valence-electron chi connectivity index (χ0n) is 10.6. The lowest BCUT2D eigenvalue weighted by atomic mass is 10.2. The Kier molecular flexibility index (Phi) is 5.03. The topological polar surface area (TPSA) is 64.8 Å². The number of carbonyl (C=O) groups is 1. The van der Waals surface area contributed by atoms with E-state index in [1.54, 1.807) is 24.1 Å². The summed E-state index contributed by atoms with van der Waals surface area (Å²) in [6.07, 6.45) is 5.00. The molecule has 0 fully saturated rings. The van der Waals surface area contributed by atoms with Crippen molar-refractivity contribution >= 4 is 5.97 Å². The van der Waals surface area contributed by atoms with Gasteiger partial charge < -0.3 is 20.1 Å². The Hall–Kier alpha value is -1.49. The molecule has 0 aliphatic carbocycles. The van der Waals surface area contributed by atoms with E-state index in [-0.39, 0.29) is 18.6 Å². The summed E-state index contributed by atoms with van der Waals surface area (Å²) in [4.78, 5) is 13.1. The molecule has 96 valence electrons. The number of ether oxygens (including phenoxy) is 2. The van der Waals surface area contributed by atoms with Crippen LogP contribution in [0, 0.1) is 0 Å². The quantitative estimate of drug-likeness (QED) is 0.725. The zero-order chi connectivity index (χ0) is 12.8. The smallest absolute Gasteiger partial charge is 0.325 e. The molecule has 0 bridgehead atoms. The SMILES string of the molecule is CCOC(=O)CN1C=CC=C(OC(C)C)C1N. The number of hydrogen-bond acceptors (Lipinski definition) is 5. The average molecular weight is 240 g/mol. The van der Waals surface area contributed by atoms with Gasteiger partial charge >= 0.3 is 5.97 Å². The van der Waals surface area contributed by atoms with Crippen molar-refractivity contribution in [3.8, 4) is 0 Å². The monoisotopic (exact) mass is 240 g/mol. The summed E-state index contributed by atoms with van der Waals surface area (Å²) in [5.41, 5.74) is 5.99. The lowest BCUT2D eigenvalue weighted by Gasteiger charge is -2.31. The Balaban J connectivity index is 2.57. The molecule has 0 aromatic heterocycles. The molecular formula is C12H20N2O3. The van der Waals surface area contributed by atoms with E-state index in [0.717, 1.165) is 0 Å². The largest absolute Gasteiger partial charge is 0.492 e. The molecule has 5 heteroatoms. The highest BCUT2D eigenvalue weighted by atomic mass is 16.5. The summed E-state index contributed by atoms with van der Waals surface area (Å²) >= 11 is 0. The number of nitrogens with two attached hydrogens (primary N) is 1. The number of rotatable bonds is 5. The van der Waals surface area contributed by atoms with E-state index in [1.807, 2.05) is 19.9 Å².